The van der Waals surface area contributed by atoms with E-state index in [4.69, 9.17) is 9.72 Å². The maximum absolute atomic E-state index is 13.3. The first kappa shape index (κ1) is 28.1. The number of aromatic nitrogens is 2. The van der Waals surface area contributed by atoms with Crippen molar-refractivity contribution in [2.24, 2.45) is 5.10 Å². The number of benzene rings is 3. The van der Waals surface area contributed by atoms with E-state index in [1.165, 1.54) is 28.9 Å². The van der Waals surface area contributed by atoms with Gasteiger partial charge in [0.15, 0.2) is 6.61 Å². The van der Waals surface area contributed by atoms with E-state index in [1.807, 2.05) is 26.8 Å². The predicted octanol–water partition coefficient (Wildman–Crippen LogP) is 7.02. The Balaban J connectivity index is 1.58. The van der Waals surface area contributed by atoms with Crippen LogP contribution >= 0.6 is 47.8 Å². The lowest BCUT2D eigenvalue weighted by Gasteiger charge is -2.21. The Morgan fingerprint density at radius 3 is 2.37 bits per heavy atom. The molecule has 1 N–H and O–H groups in total. The summed E-state index contributed by atoms with van der Waals surface area (Å²) in [6, 6.07) is 14.3. The molecular weight excluding hydrogens is 687 g/mol. The molecule has 3 aromatic carbocycles. The zero-order valence-electron chi connectivity index (χ0n) is 20.6. The molecule has 0 radical (unpaired) electrons. The first-order valence-electron chi connectivity index (χ1n) is 11.4. The van der Waals surface area contributed by atoms with Crippen LogP contribution in [0.15, 0.2) is 77.9 Å². The molecule has 196 valence electrons. The van der Waals surface area contributed by atoms with E-state index in [2.05, 4.69) is 58.2 Å². The molecule has 1 heterocycles. The van der Waals surface area contributed by atoms with Gasteiger partial charge in [-0.2, -0.15) is 9.78 Å². The van der Waals surface area contributed by atoms with Crippen LogP contribution in [-0.2, 0) is 10.2 Å². The number of nitrogens with one attached hydrogen (secondary N) is 1. The summed E-state index contributed by atoms with van der Waals surface area (Å²) in [6.07, 6.45) is 1.56. The fourth-order valence-electron chi connectivity index (χ4n) is 3.53. The lowest BCUT2D eigenvalue weighted by Crippen LogP contribution is -2.29. The van der Waals surface area contributed by atoms with Crippen molar-refractivity contribution in [2.75, 3.05) is 11.9 Å². The summed E-state index contributed by atoms with van der Waals surface area (Å²) in [4.78, 5) is 30.3. The van der Waals surface area contributed by atoms with Crippen molar-refractivity contribution in [3.8, 4) is 5.75 Å². The highest BCUT2D eigenvalue weighted by Crippen LogP contribution is 2.34. The van der Waals surface area contributed by atoms with Crippen molar-refractivity contribution in [1.82, 2.24) is 9.66 Å². The number of hydrogen-bond acceptors (Lipinski definition) is 5. The minimum Gasteiger partial charge on any atom is -0.481 e. The Morgan fingerprint density at radius 1 is 1.08 bits per heavy atom. The molecule has 1 aromatic heterocycles. The van der Waals surface area contributed by atoms with Gasteiger partial charge < -0.3 is 10.1 Å². The number of halogens is 4. The van der Waals surface area contributed by atoms with E-state index in [0.29, 0.717) is 42.7 Å². The van der Waals surface area contributed by atoms with Gasteiger partial charge in [0.1, 0.15) is 17.4 Å². The molecule has 4 aromatic rings. The lowest BCUT2D eigenvalue weighted by atomic mass is 9.95. The Kier molecular flexibility index (Phi) is 8.49. The average Bonchev–Trinajstić information content (AvgIpc) is 2.84. The summed E-state index contributed by atoms with van der Waals surface area (Å²) >= 11 is 10.4. The van der Waals surface area contributed by atoms with Crippen molar-refractivity contribution in [3.63, 3.8) is 0 Å². The van der Waals surface area contributed by atoms with Gasteiger partial charge in [0, 0.05) is 15.6 Å². The molecule has 38 heavy (non-hydrogen) atoms. The van der Waals surface area contributed by atoms with E-state index >= 15 is 0 Å². The Bertz CT molecular complexity index is 1590. The third-order valence-corrected chi connectivity index (χ3v) is 6.97. The van der Waals surface area contributed by atoms with Gasteiger partial charge in [0.05, 0.1) is 26.1 Å². The van der Waals surface area contributed by atoms with Crippen molar-refractivity contribution in [3.05, 3.63) is 95.6 Å². The number of ether oxygens (including phenoxy) is 1. The summed E-state index contributed by atoms with van der Waals surface area (Å²) < 4.78 is 22.0. The van der Waals surface area contributed by atoms with Gasteiger partial charge in [-0.25, -0.2) is 9.37 Å². The van der Waals surface area contributed by atoms with Gasteiger partial charge >= 0.3 is 0 Å². The summed E-state index contributed by atoms with van der Waals surface area (Å²) in [5, 5.41) is 7.59. The second-order valence-corrected chi connectivity index (χ2v) is 12.0. The van der Waals surface area contributed by atoms with Crippen molar-refractivity contribution < 1.29 is 13.9 Å². The zero-order valence-corrected chi connectivity index (χ0v) is 25.3. The lowest BCUT2D eigenvalue weighted by molar-refractivity contribution is -0.118. The molecule has 0 fully saturated rings. The molecule has 0 saturated heterocycles. The zero-order chi connectivity index (χ0) is 27.6. The van der Waals surface area contributed by atoms with Gasteiger partial charge in [-0.05, 0) is 92.0 Å². The summed E-state index contributed by atoms with van der Waals surface area (Å²) in [7, 11) is 0. The largest absolute Gasteiger partial charge is 0.481 e. The normalized spacial score (nSPS) is 11.8. The molecule has 0 spiro atoms. The second-order valence-electron chi connectivity index (χ2n) is 9.37. The number of anilines is 1. The minimum atomic E-state index is -0.439. The van der Waals surface area contributed by atoms with Crippen LogP contribution in [0.1, 0.15) is 32.2 Å². The Labute approximate surface area is 243 Å². The monoisotopic (exact) mass is 706 g/mol. The smallest absolute Gasteiger partial charge is 0.282 e. The predicted molar refractivity (Wildman–Crippen MR) is 158 cm³/mol. The Hall–Kier alpha value is -2.89. The van der Waals surface area contributed by atoms with E-state index in [9.17, 15) is 14.0 Å². The Morgan fingerprint density at radius 2 is 1.74 bits per heavy atom. The van der Waals surface area contributed by atoms with Gasteiger partial charge in [-0.1, -0.05) is 36.7 Å². The van der Waals surface area contributed by atoms with Crippen LogP contribution in [0.25, 0.3) is 10.9 Å². The van der Waals surface area contributed by atoms with Gasteiger partial charge in [-0.3, -0.25) is 9.59 Å². The van der Waals surface area contributed by atoms with E-state index in [-0.39, 0.29) is 18.0 Å². The van der Waals surface area contributed by atoms with E-state index < -0.39 is 11.3 Å². The van der Waals surface area contributed by atoms with Crippen LogP contribution in [0.2, 0.25) is 0 Å². The molecule has 0 aliphatic rings. The van der Waals surface area contributed by atoms with Crippen LogP contribution in [0.5, 0.6) is 5.75 Å². The maximum Gasteiger partial charge on any atom is 0.282 e. The molecule has 0 atom stereocenters. The molecule has 11 heteroatoms. The van der Waals surface area contributed by atoms with Crippen LogP contribution in [0.4, 0.5) is 10.1 Å². The second kappa shape index (κ2) is 11.5. The summed E-state index contributed by atoms with van der Waals surface area (Å²) in [6.45, 7) is 5.65. The number of hydrogen-bond donors (Lipinski definition) is 1. The molecule has 0 bridgehead atoms. The highest BCUT2D eigenvalue weighted by Gasteiger charge is 2.23. The molecule has 0 aliphatic heterocycles. The van der Waals surface area contributed by atoms with Gasteiger partial charge in [0.2, 0.25) is 0 Å². The number of fused-ring (bicyclic) bond motifs is 1. The molecule has 0 aliphatic carbocycles. The topological polar surface area (TPSA) is 85.6 Å². The maximum atomic E-state index is 13.3. The SMILES string of the molecule is CC(C)(C)c1nc2ccc(Br)cc2c(=O)n1N=Cc1cc(Br)c(OCC(=O)Nc2ccc(F)cc2)c(Br)c1. The van der Waals surface area contributed by atoms with Gasteiger partial charge in [-0.15, -0.1) is 0 Å². The average molecular weight is 709 g/mol. The molecular formula is C27H22Br3FN4O3. The number of carbonyl (C=O) groups is 1. The molecule has 1 amide bonds. The molecule has 7 nitrogen and oxygen atoms in total. The van der Waals surface area contributed by atoms with Crippen molar-refractivity contribution in [2.45, 2.75) is 26.2 Å². The van der Waals surface area contributed by atoms with E-state index in [1.54, 1.807) is 30.5 Å². The van der Waals surface area contributed by atoms with Crippen LogP contribution in [0, 0.1) is 5.82 Å². The van der Waals surface area contributed by atoms with Crippen LogP contribution < -0.4 is 15.6 Å². The fourth-order valence-corrected chi connectivity index (χ4v) is 5.34. The highest BCUT2D eigenvalue weighted by molar-refractivity contribution is 9.11. The number of carbonyl (C=O) groups excluding carboxylic acids is 1. The third-order valence-electron chi connectivity index (χ3n) is 5.30. The number of nitrogens with zero attached hydrogens (tertiary/aromatic N) is 3. The quantitative estimate of drug-likeness (QED) is 0.218. The first-order chi connectivity index (χ1) is 17.9. The summed E-state index contributed by atoms with van der Waals surface area (Å²) in [5.41, 5.74) is 1.02. The summed E-state index contributed by atoms with van der Waals surface area (Å²) in [5.74, 6) is 0.158. The number of amides is 1. The molecule has 0 saturated carbocycles. The fraction of sp³-hybridized carbons (Fsp3) is 0.185. The molecule has 4 rings (SSSR count). The van der Waals surface area contributed by atoms with Crippen molar-refractivity contribution in [1.29, 1.82) is 0 Å². The van der Waals surface area contributed by atoms with Crippen LogP contribution in [-0.4, -0.2) is 28.4 Å². The highest BCUT2D eigenvalue weighted by atomic mass is 79.9. The standard InChI is InChI=1S/C27H22Br3FN4O3/c1-27(2,3)26-34-22-9-4-16(28)12-19(22)25(37)35(26)32-13-15-10-20(29)24(21(30)11-15)38-14-23(36)33-18-7-5-17(31)6-8-18/h4-13H,14H2,1-3H3,(H,33,36). The van der Waals surface area contributed by atoms with E-state index in [0.717, 1.165) is 4.47 Å². The first-order valence-corrected chi connectivity index (χ1v) is 13.7. The molecule has 0 unspecified atom stereocenters. The third kappa shape index (κ3) is 6.57. The van der Waals surface area contributed by atoms with Gasteiger partial charge in [0.25, 0.3) is 11.5 Å². The number of rotatable bonds is 6. The minimum absolute atomic E-state index is 0.259. The van der Waals surface area contributed by atoms with Crippen LogP contribution in [0.3, 0.4) is 0 Å². The van der Waals surface area contributed by atoms with Crippen molar-refractivity contribution >= 4 is 76.5 Å².